The van der Waals surface area contributed by atoms with E-state index in [0.29, 0.717) is 5.56 Å². The first-order valence-electron chi connectivity index (χ1n) is 6.45. The van der Waals surface area contributed by atoms with Crippen LogP contribution in [-0.2, 0) is 14.6 Å². The second-order valence-electron chi connectivity index (χ2n) is 4.93. The molecular weight excluding hydrogens is 312 g/mol. The normalized spacial score (nSPS) is 20.1. The van der Waals surface area contributed by atoms with Gasteiger partial charge in [0.15, 0.2) is 21.3 Å². The zero-order chi connectivity index (χ0) is 16.3. The van der Waals surface area contributed by atoms with Gasteiger partial charge in [-0.1, -0.05) is 0 Å². The fourth-order valence-corrected chi connectivity index (χ4v) is 3.85. The smallest absolute Gasteiger partial charge is 0.244 e. The van der Waals surface area contributed by atoms with Crippen molar-refractivity contribution in [2.75, 3.05) is 18.6 Å². The molecule has 1 aromatic carbocycles. The van der Waals surface area contributed by atoms with Crippen LogP contribution in [-0.4, -0.2) is 49.4 Å². The van der Waals surface area contributed by atoms with Crippen molar-refractivity contribution in [3.8, 4) is 17.2 Å². The second kappa shape index (κ2) is 6.22. The third-order valence-electron chi connectivity index (χ3n) is 3.29. The van der Waals surface area contributed by atoms with Crippen molar-refractivity contribution in [2.24, 2.45) is 11.0 Å². The van der Waals surface area contributed by atoms with Crippen LogP contribution in [0.2, 0.25) is 0 Å². The number of benzene rings is 1. The van der Waals surface area contributed by atoms with Gasteiger partial charge in [0.05, 0.1) is 30.7 Å². The molecule has 1 atom stereocenters. The van der Waals surface area contributed by atoms with E-state index in [1.807, 2.05) is 0 Å². The Kier molecular flexibility index (Phi) is 4.55. The lowest BCUT2D eigenvalue weighted by molar-refractivity contribution is -0.124. The van der Waals surface area contributed by atoms with Crippen LogP contribution in [0.15, 0.2) is 17.2 Å². The number of sulfone groups is 1. The van der Waals surface area contributed by atoms with E-state index in [2.05, 4.69) is 10.5 Å². The minimum absolute atomic E-state index is 0.0117. The predicted molar refractivity (Wildman–Crippen MR) is 78.8 cm³/mol. The van der Waals surface area contributed by atoms with Gasteiger partial charge >= 0.3 is 0 Å². The van der Waals surface area contributed by atoms with Crippen LogP contribution in [0.1, 0.15) is 12.0 Å². The summed E-state index contributed by atoms with van der Waals surface area (Å²) >= 11 is 0. The fourth-order valence-electron chi connectivity index (χ4n) is 2.11. The number of nitrogens with zero attached hydrogens (tertiary/aromatic N) is 1. The highest BCUT2D eigenvalue weighted by molar-refractivity contribution is 7.91. The van der Waals surface area contributed by atoms with Crippen molar-refractivity contribution < 1.29 is 28.2 Å². The number of hydrogen-bond donors (Lipinski definition) is 3. The van der Waals surface area contributed by atoms with E-state index >= 15 is 0 Å². The highest BCUT2D eigenvalue weighted by Gasteiger charge is 2.32. The Balaban J connectivity index is 2.01. The van der Waals surface area contributed by atoms with Crippen LogP contribution in [0.3, 0.4) is 0 Å². The molecule has 0 bridgehead atoms. The number of phenolic OH excluding ortho intramolecular Hbond substituents is 2. The minimum atomic E-state index is -3.13. The number of methoxy groups -OCH3 is 1. The first-order valence-corrected chi connectivity index (χ1v) is 8.28. The average Bonchev–Trinajstić information content (AvgIpc) is 2.82. The maximum Gasteiger partial charge on any atom is 0.244 e. The van der Waals surface area contributed by atoms with Crippen LogP contribution in [0.25, 0.3) is 0 Å². The van der Waals surface area contributed by atoms with Gasteiger partial charge in [-0.3, -0.25) is 4.79 Å². The van der Waals surface area contributed by atoms with E-state index in [-0.39, 0.29) is 35.2 Å². The molecule has 22 heavy (non-hydrogen) atoms. The van der Waals surface area contributed by atoms with E-state index in [1.54, 1.807) is 0 Å². The number of nitrogens with one attached hydrogen (secondary N) is 1. The van der Waals surface area contributed by atoms with Crippen molar-refractivity contribution in [1.82, 2.24) is 5.43 Å². The first-order chi connectivity index (χ1) is 10.3. The van der Waals surface area contributed by atoms with E-state index in [4.69, 9.17) is 4.74 Å². The second-order valence-corrected chi connectivity index (χ2v) is 7.15. The molecule has 1 saturated heterocycles. The van der Waals surface area contributed by atoms with Gasteiger partial charge < -0.3 is 14.9 Å². The van der Waals surface area contributed by atoms with Crippen LogP contribution >= 0.6 is 0 Å². The Labute approximate surface area is 127 Å². The van der Waals surface area contributed by atoms with Gasteiger partial charge in [-0.25, -0.2) is 13.8 Å². The molecular formula is C13H16N2O6S. The summed E-state index contributed by atoms with van der Waals surface area (Å²) in [5, 5.41) is 22.7. The molecule has 2 rings (SSSR count). The van der Waals surface area contributed by atoms with Crippen molar-refractivity contribution in [3.05, 3.63) is 17.7 Å². The van der Waals surface area contributed by atoms with Crippen molar-refractivity contribution in [2.45, 2.75) is 6.42 Å². The summed E-state index contributed by atoms with van der Waals surface area (Å²) in [4.78, 5) is 11.8. The lowest BCUT2D eigenvalue weighted by Gasteiger charge is -2.07. The summed E-state index contributed by atoms with van der Waals surface area (Å²) in [5.41, 5.74) is 2.66. The number of hydrogen-bond acceptors (Lipinski definition) is 7. The quantitative estimate of drug-likeness (QED) is 0.405. The molecule has 120 valence electrons. The zero-order valence-corrected chi connectivity index (χ0v) is 12.6. The van der Waals surface area contributed by atoms with Gasteiger partial charge in [0.2, 0.25) is 11.7 Å². The summed E-state index contributed by atoms with van der Waals surface area (Å²) in [6, 6.07) is 2.66. The number of hydrazone groups is 1. The summed E-state index contributed by atoms with van der Waals surface area (Å²) in [7, 11) is -1.80. The Bertz CT molecular complexity index is 713. The summed E-state index contributed by atoms with van der Waals surface area (Å²) in [6.45, 7) is 0. The molecule has 0 aromatic heterocycles. The standard InChI is InChI=1S/C13H16N2O6S/c1-21-11-5-8(4-10(16)12(11)17)6-14-15-13(18)9-2-3-22(19,20)7-9/h4-6,9,16-17H,2-3,7H2,1H3,(H,15,18)/b14-6+/t9-/m1/s1. The van der Waals surface area contributed by atoms with E-state index < -0.39 is 21.7 Å². The van der Waals surface area contributed by atoms with E-state index in [1.165, 1.54) is 25.5 Å². The lowest BCUT2D eigenvalue weighted by Crippen LogP contribution is -2.27. The molecule has 0 unspecified atom stereocenters. The van der Waals surface area contributed by atoms with Crippen LogP contribution < -0.4 is 10.2 Å². The Morgan fingerprint density at radius 2 is 2.18 bits per heavy atom. The molecule has 0 spiro atoms. The SMILES string of the molecule is COc1cc(/C=N/NC(=O)[C@@H]2CCS(=O)(=O)C2)cc(O)c1O. The molecule has 9 heteroatoms. The fraction of sp³-hybridized carbons (Fsp3) is 0.385. The van der Waals surface area contributed by atoms with Gasteiger partial charge in [-0.15, -0.1) is 0 Å². The number of carbonyl (C=O) groups is 1. The van der Waals surface area contributed by atoms with Crippen LogP contribution in [0.5, 0.6) is 17.2 Å². The van der Waals surface area contributed by atoms with Crippen LogP contribution in [0.4, 0.5) is 0 Å². The predicted octanol–water partition coefficient (Wildman–Crippen LogP) is -0.00880. The van der Waals surface area contributed by atoms with E-state index in [9.17, 15) is 23.4 Å². The van der Waals surface area contributed by atoms with Crippen LogP contribution in [0, 0.1) is 5.92 Å². The van der Waals surface area contributed by atoms with Gasteiger partial charge in [0, 0.05) is 5.56 Å². The Hall–Kier alpha value is -2.29. The molecule has 1 aromatic rings. The molecule has 1 amide bonds. The number of amides is 1. The average molecular weight is 328 g/mol. The largest absolute Gasteiger partial charge is 0.504 e. The summed E-state index contributed by atoms with van der Waals surface area (Å²) in [6.07, 6.45) is 1.54. The molecule has 1 aliphatic heterocycles. The van der Waals surface area contributed by atoms with Crippen molar-refractivity contribution >= 4 is 22.0 Å². The van der Waals surface area contributed by atoms with E-state index in [0.717, 1.165) is 0 Å². The molecule has 3 N–H and O–H groups in total. The highest BCUT2D eigenvalue weighted by Crippen LogP contribution is 2.35. The summed E-state index contributed by atoms with van der Waals surface area (Å²) in [5.74, 6) is -1.92. The molecule has 8 nitrogen and oxygen atoms in total. The molecule has 1 heterocycles. The molecule has 1 fully saturated rings. The number of rotatable bonds is 4. The summed E-state index contributed by atoms with van der Waals surface area (Å²) < 4.78 is 27.5. The Morgan fingerprint density at radius 3 is 2.77 bits per heavy atom. The zero-order valence-electron chi connectivity index (χ0n) is 11.8. The topological polar surface area (TPSA) is 125 Å². The number of phenols is 2. The minimum Gasteiger partial charge on any atom is -0.504 e. The van der Waals surface area contributed by atoms with Gasteiger partial charge in [-0.2, -0.15) is 5.10 Å². The lowest BCUT2D eigenvalue weighted by atomic mass is 10.1. The molecule has 1 aliphatic rings. The maximum atomic E-state index is 11.8. The number of carbonyl (C=O) groups excluding carboxylic acids is 1. The van der Waals surface area contributed by atoms with Gasteiger partial charge in [0.1, 0.15) is 0 Å². The number of ether oxygens (including phenoxy) is 1. The molecule has 0 saturated carbocycles. The first kappa shape index (κ1) is 16.1. The van der Waals surface area contributed by atoms with Gasteiger partial charge in [0.25, 0.3) is 0 Å². The third kappa shape index (κ3) is 3.67. The monoisotopic (exact) mass is 328 g/mol. The van der Waals surface area contributed by atoms with Crippen molar-refractivity contribution in [1.29, 1.82) is 0 Å². The number of aromatic hydroxyl groups is 2. The molecule has 0 aliphatic carbocycles. The van der Waals surface area contributed by atoms with Gasteiger partial charge in [-0.05, 0) is 18.6 Å². The van der Waals surface area contributed by atoms with Crippen molar-refractivity contribution in [3.63, 3.8) is 0 Å². The molecule has 0 radical (unpaired) electrons. The Morgan fingerprint density at radius 1 is 1.45 bits per heavy atom. The maximum absolute atomic E-state index is 11.8. The third-order valence-corrected chi connectivity index (χ3v) is 5.06. The highest BCUT2D eigenvalue weighted by atomic mass is 32.2.